The predicted octanol–water partition coefficient (Wildman–Crippen LogP) is 4.01. The lowest BCUT2D eigenvalue weighted by atomic mass is 10.2. The average Bonchev–Trinajstić information content (AvgIpc) is 2.66. The highest BCUT2D eigenvalue weighted by Gasteiger charge is 2.01. The molecule has 0 spiro atoms. The Kier molecular flexibility index (Phi) is 3.51. The number of rotatable bonds is 3. The molecule has 0 saturated carbocycles. The Morgan fingerprint density at radius 3 is 2.81 bits per heavy atom. The predicted molar refractivity (Wildman–Crippen MR) is 74.9 cm³/mol. The van der Waals surface area contributed by atoms with E-state index in [4.69, 9.17) is 5.73 Å². The molecule has 0 amide bonds. The number of anilines is 2. The zero-order chi connectivity index (χ0) is 11.5. The van der Waals surface area contributed by atoms with Crippen LogP contribution in [0.2, 0.25) is 0 Å². The molecule has 2 nitrogen and oxygen atoms in total. The maximum absolute atomic E-state index is 5.89. The van der Waals surface area contributed by atoms with Gasteiger partial charge in [0.1, 0.15) is 0 Å². The normalized spacial score (nSPS) is 10.4. The summed E-state index contributed by atoms with van der Waals surface area (Å²) in [5.41, 5.74) is 8.90. The Balaban J connectivity index is 2.07. The second-order valence-corrected chi connectivity index (χ2v) is 6.20. The van der Waals surface area contributed by atoms with Crippen LogP contribution in [0.15, 0.2) is 34.1 Å². The molecule has 1 aromatic carbocycles. The van der Waals surface area contributed by atoms with E-state index in [-0.39, 0.29) is 0 Å². The van der Waals surface area contributed by atoms with Gasteiger partial charge in [-0.2, -0.15) is 0 Å². The number of aryl methyl sites for hydroxylation is 1. The van der Waals surface area contributed by atoms with Crippen LogP contribution in [0.4, 0.5) is 11.4 Å². The number of nitrogens with two attached hydrogens (primary N) is 1. The first-order valence-corrected chi connectivity index (χ1v) is 6.60. The molecule has 16 heavy (non-hydrogen) atoms. The summed E-state index contributed by atoms with van der Waals surface area (Å²) in [7, 11) is 0. The van der Waals surface area contributed by atoms with Crippen molar-refractivity contribution >= 4 is 38.6 Å². The first-order valence-electron chi connectivity index (χ1n) is 4.99. The summed E-state index contributed by atoms with van der Waals surface area (Å²) in [4.78, 5) is 1.28. The summed E-state index contributed by atoms with van der Waals surface area (Å²) in [6.07, 6.45) is 0. The maximum Gasteiger partial charge on any atom is 0.0702 e. The van der Waals surface area contributed by atoms with E-state index in [0.717, 1.165) is 21.7 Å². The van der Waals surface area contributed by atoms with Crippen LogP contribution in [-0.4, -0.2) is 0 Å². The number of benzene rings is 1. The van der Waals surface area contributed by atoms with E-state index in [1.807, 2.05) is 12.1 Å². The lowest BCUT2D eigenvalue weighted by molar-refractivity contribution is 1.19. The van der Waals surface area contributed by atoms with E-state index in [0.29, 0.717) is 0 Å². The second kappa shape index (κ2) is 4.89. The smallest absolute Gasteiger partial charge is 0.0702 e. The fraction of sp³-hybridized carbons (Fsp3) is 0.167. The third kappa shape index (κ3) is 2.77. The molecule has 4 heteroatoms. The molecule has 0 unspecified atom stereocenters. The van der Waals surface area contributed by atoms with E-state index in [2.05, 4.69) is 46.4 Å². The van der Waals surface area contributed by atoms with Gasteiger partial charge in [0, 0.05) is 11.4 Å². The fourth-order valence-corrected chi connectivity index (χ4v) is 2.88. The summed E-state index contributed by atoms with van der Waals surface area (Å²) >= 11 is 5.18. The lowest BCUT2D eigenvalue weighted by Crippen LogP contribution is -2.01. The summed E-state index contributed by atoms with van der Waals surface area (Å²) in [5, 5.41) is 3.35. The van der Waals surface area contributed by atoms with Crippen LogP contribution in [0.3, 0.4) is 0 Å². The summed E-state index contributed by atoms with van der Waals surface area (Å²) in [6.45, 7) is 2.87. The monoisotopic (exact) mass is 296 g/mol. The van der Waals surface area contributed by atoms with E-state index < -0.39 is 0 Å². The molecule has 3 N–H and O–H groups in total. The molecule has 0 fully saturated rings. The molecular formula is C12H13BrN2S. The van der Waals surface area contributed by atoms with Crippen LogP contribution in [0.1, 0.15) is 10.4 Å². The van der Waals surface area contributed by atoms with Crippen LogP contribution in [0.5, 0.6) is 0 Å². The number of nitrogen functional groups attached to an aromatic ring is 1. The molecular weight excluding hydrogens is 284 g/mol. The number of thiophene rings is 1. The molecule has 1 heterocycles. The quantitative estimate of drug-likeness (QED) is 0.840. The van der Waals surface area contributed by atoms with Gasteiger partial charge in [-0.05, 0) is 52.7 Å². The highest BCUT2D eigenvalue weighted by atomic mass is 79.9. The molecule has 1 aromatic heterocycles. The van der Waals surface area contributed by atoms with Crippen LogP contribution in [0, 0.1) is 6.92 Å². The number of halogens is 1. The largest absolute Gasteiger partial charge is 0.397 e. The van der Waals surface area contributed by atoms with Crippen molar-refractivity contribution in [3.63, 3.8) is 0 Å². The molecule has 0 aliphatic heterocycles. The van der Waals surface area contributed by atoms with Gasteiger partial charge in [-0.1, -0.05) is 6.07 Å². The molecule has 0 atom stereocenters. The van der Waals surface area contributed by atoms with Crippen molar-refractivity contribution in [2.24, 2.45) is 0 Å². The van der Waals surface area contributed by atoms with Gasteiger partial charge in [0.05, 0.1) is 15.2 Å². The minimum Gasteiger partial charge on any atom is -0.397 e. The van der Waals surface area contributed by atoms with E-state index >= 15 is 0 Å². The first-order chi connectivity index (χ1) is 7.65. The molecule has 0 aliphatic rings. The first kappa shape index (κ1) is 11.5. The average molecular weight is 297 g/mol. The highest BCUT2D eigenvalue weighted by molar-refractivity contribution is 9.11. The van der Waals surface area contributed by atoms with Gasteiger partial charge in [0.25, 0.3) is 0 Å². The standard InChI is InChI=1S/C12H13BrN2S/c1-8-2-4-10(14)11(6-8)15-7-9-3-5-12(13)16-9/h2-6,15H,7,14H2,1H3. The van der Waals surface area contributed by atoms with Gasteiger partial charge < -0.3 is 11.1 Å². The minimum absolute atomic E-state index is 0.793. The Morgan fingerprint density at radius 2 is 2.12 bits per heavy atom. The maximum atomic E-state index is 5.89. The van der Waals surface area contributed by atoms with Gasteiger partial charge >= 0.3 is 0 Å². The van der Waals surface area contributed by atoms with Gasteiger partial charge in [-0.15, -0.1) is 11.3 Å². The Bertz CT molecular complexity index is 494. The second-order valence-electron chi connectivity index (χ2n) is 3.65. The number of hydrogen-bond acceptors (Lipinski definition) is 3. The molecule has 2 rings (SSSR count). The van der Waals surface area contributed by atoms with Crippen molar-refractivity contribution in [2.75, 3.05) is 11.1 Å². The molecule has 0 aliphatic carbocycles. The fourth-order valence-electron chi connectivity index (χ4n) is 1.45. The van der Waals surface area contributed by atoms with Crippen molar-refractivity contribution in [3.8, 4) is 0 Å². The molecule has 0 radical (unpaired) electrons. The Morgan fingerprint density at radius 1 is 1.31 bits per heavy atom. The van der Waals surface area contributed by atoms with E-state index in [9.17, 15) is 0 Å². The molecule has 0 saturated heterocycles. The van der Waals surface area contributed by atoms with Crippen molar-refractivity contribution in [2.45, 2.75) is 13.5 Å². The topological polar surface area (TPSA) is 38.0 Å². The minimum atomic E-state index is 0.793. The molecule has 0 bridgehead atoms. The van der Waals surface area contributed by atoms with E-state index in [1.165, 1.54) is 10.4 Å². The van der Waals surface area contributed by atoms with Crippen molar-refractivity contribution in [1.29, 1.82) is 0 Å². The van der Waals surface area contributed by atoms with Gasteiger partial charge in [-0.25, -0.2) is 0 Å². The third-order valence-electron chi connectivity index (χ3n) is 2.29. The van der Waals surface area contributed by atoms with Crippen LogP contribution in [0.25, 0.3) is 0 Å². The Hall–Kier alpha value is -1.000. The molecule has 2 aromatic rings. The van der Waals surface area contributed by atoms with Crippen molar-refractivity contribution < 1.29 is 0 Å². The summed E-state index contributed by atoms with van der Waals surface area (Å²) in [6, 6.07) is 10.2. The lowest BCUT2D eigenvalue weighted by Gasteiger charge is -2.08. The Labute approximate surface area is 108 Å². The van der Waals surface area contributed by atoms with Crippen molar-refractivity contribution in [3.05, 3.63) is 44.6 Å². The zero-order valence-electron chi connectivity index (χ0n) is 8.96. The van der Waals surface area contributed by atoms with Gasteiger partial charge in [0.2, 0.25) is 0 Å². The van der Waals surface area contributed by atoms with Gasteiger partial charge in [-0.3, -0.25) is 0 Å². The SMILES string of the molecule is Cc1ccc(N)c(NCc2ccc(Br)s2)c1. The molecule has 84 valence electrons. The summed E-state index contributed by atoms with van der Waals surface area (Å²) < 4.78 is 1.15. The third-order valence-corrected chi connectivity index (χ3v) is 3.91. The number of nitrogens with one attached hydrogen (secondary N) is 1. The van der Waals surface area contributed by atoms with Crippen molar-refractivity contribution in [1.82, 2.24) is 0 Å². The van der Waals surface area contributed by atoms with Gasteiger partial charge in [0.15, 0.2) is 0 Å². The number of hydrogen-bond donors (Lipinski definition) is 2. The zero-order valence-corrected chi connectivity index (χ0v) is 11.4. The van der Waals surface area contributed by atoms with Crippen LogP contribution >= 0.6 is 27.3 Å². The van der Waals surface area contributed by atoms with Crippen LogP contribution < -0.4 is 11.1 Å². The van der Waals surface area contributed by atoms with E-state index in [1.54, 1.807) is 11.3 Å². The summed E-state index contributed by atoms with van der Waals surface area (Å²) in [5.74, 6) is 0. The highest BCUT2D eigenvalue weighted by Crippen LogP contribution is 2.25. The van der Waals surface area contributed by atoms with Crippen LogP contribution in [-0.2, 0) is 6.54 Å².